The average molecular weight is 304 g/mol. The molecule has 0 saturated heterocycles. The molecule has 19 heavy (non-hydrogen) atoms. The van der Waals surface area contributed by atoms with Gasteiger partial charge in [-0.15, -0.1) is 0 Å². The molecule has 0 aliphatic heterocycles. The number of halogens is 4. The summed E-state index contributed by atoms with van der Waals surface area (Å²) in [6.07, 6.45) is -0.0203. The number of benzene rings is 1. The molecule has 0 aromatic heterocycles. The van der Waals surface area contributed by atoms with Crippen LogP contribution in [0.5, 0.6) is 5.75 Å². The first-order valence-electron chi connectivity index (χ1n) is 5.54. The Labute approximate surface area is 152 Å². The van der Waals surface area contributed by atoms with Crippen molar-refractivity contribution in [1.82, 2.24) is 0 Å². The van der Waals surface area contributed by atoms with Gasteiger partial charge in [-0.3, -0.25) is 0 Å². The minimum absolute atomic E-state index is 0. The van der Waals surface area contributed by atoms with Crippen molar-refractivity contribution < 1.29 is 78.2 Å². The van der Waals surface area contributed by atoms with Crippen LogP contribution in [0.3, 0.4) is 0 Å². The summed E-state index contributed by atoms with van der Waals surface area (Å²) in [5.41, 5.74) is -1.06. The molecule has 0 fully saturated rings. The average Bonchev–Trinajstić information content (AvgIpc) is 2.24. The fraction of sp³-hybridized carbons (Fsp3) is 0.455. The van der Waals surface area contributed by atoms with E-state index in [9.17, 15) is 17.3 Å². The van der Waals surface area contributed by atoms with Gasteiger partial charge in [0.15, 0.2) is 0 Å². The van der Waals surface area contributed by atoms with Gasteiger partial charge in [-0.25, -0.2) is 4.39 Å². The second-order valence-electron chi connectivity index (χ2n) is 4.02. The van der Waals surface area contributed by atoms with Crippen molar-refractivity contribution in [2.75, 3.05) is 13.2 Å². The van der Waals surface area contributed by atoms with E-state index >= 15 is 0 Å². The zero-order valence-electron chi connectivity index (χ0n) is 11.1. The van der Waals surface area contributed by atoms with E-state index in [-0.39, 0.29) is 76.5 Å². The standard InChI is InChI=1S/C11H14BF4O2.K/c1-8(2)17-5-6-18-11-4-3-9(13)7-10(11)12(14,15)16;/h3-4,7-8H,5-6H2,1-2H3;/q-1;+1. The molecule has 0 amide bonds. The van der Waals surface area contributed by atoms with Crippen LogP contribution in [-0.4, -0.2) is 26.3 Å². The molecule has 0 unspecified atom stereocenters. The second-order valence-corrected chi connectivity index (χ2v) is 4.02. The van der Waals surface area contributed by atoms with Crippen molar-refractivity contribution in [1.29, 1.82) is 0 Å². The van der Waals surface area contributed by atoms with Gasteiger partial charge in [-0.2, -0.15) is 0 Å². The Kier molecular flexibility index (Phi) is 8.82. The van der Waals surface area contributed by atoms with E-state index < -0.39 is 18.3 Å². The Morgan fingerprint density at radius 1 is 1.16 bits per heavy atom. The van der Waals surface area contributed by atoms with Gasteiger partial charge in [0.25, 0.3) is 0 Å². The van der Waals surface area contributed by atoms with Crippen LogP contribution in [0, 0.1) is 5.82 Å². The molecule has 2 nitrogen and oxygen atoms in total. The minimum atomic E-state index is -5.30. The van der Waals surface area contributed by atoms with Gasteiger partial charge in [0.1, 0.15) is 12.4 Å². The van der Waals surface area contributed by atoms with Gasteiger partial charge >= 0.3 is 58.4 Å². The van der Waals surface area contributed by atoms with Crippen LogP contribution in [-0.2, 0) is 4.74 Å². The predicted molar refractivity (Wildman–Crippen MR) is 61.7 cm³/mol. The monoisotopic (exact) mass is 304 g/mol. The molecule has 0 aliphatic rings. The Hall–Kier alpha value is 0.401. The van der Waals surface area contributed by atoms with Gasteiger partial charge in [0.05, 0.1) is 18.5 Å². The fourth-order valence-corrected chi connectivity index (χ4v) is 1.34. The largest absolute Gasteiger partial charge is 1.00 e. The van der Waals surface area contributed by atoms with E-state index in [1.54, 1.807) is 0 Å². The molecular weight excluding hydrogens is 290 g/mol. The Morgan fingerprint density at radius 2 is 1.79 bits per heavy atom. The maximum Gasteiger partial charge on any atom is 1.00 e. The van der Waals surface area contributed by atoms with Gasteiger partial charge in [-0.05, 0) is 32.0 Å². The van der Waals surface area contributed by atoms with Crippen LogP contribution in [0.25, 0.3) is 0 Å². The fourth-order valence-electron chi connectivity index (χ4n) is 1.34. The van der Waals surface area contributed by atoms with Crippen LogP contribution in [0.2, 0.25) is 0 Å². The van der Waals surface area contributed by atoms with Crippen LogP contribution >= 0.6 is 0 Å². The zero-order valence-corrected chi connectivity index (χ0v) is 14.3. The molecule has 1 aromatic carbocycles. The third-order valence-corrected chi connectivity index (χ3v) is 2.12. The number of hydrogen-bond donors (Lipinski definition) is 0. The molecule has 0 N–H and O–H groups in total. The normalized spacial score (nSPS) is 11.3. The Balaban J connectivity index is 0.00000324. The first kappa shape index (κ1) is 19.4. The molecule has 0 aliphatic carbocycles. The van der Waals surface area contributed by atoms with Crippen LogP contribution in [0.15, 0.2) is 18.2 Å². The predicted octanol–water partition coefficient (Wildman–Crippen LogP) is -0.312. The van der Waals surface area contributed by atoms with Crippen molar-refractivity contribution in [3.8, 4) is 5.75 Å². The maximum atomic E-state index is 12.8. The first-order valence-corrected chi connectivity index (χ1v) is 5.54. The van der Waals surface area contributed by atoms with Gasteiger partial charge in [0.2, 0.25) is 0 Å². The molecule has 102 valence electrons. The third kappa shape index (κ3) is 7.10. The molecular formula is C11H14BF4KO2. The number of hydrogen-bond acceptors (Lipinski definition) is 2. The molecule has 0 heterocycles. The molecule has 1 rings (SSSR count). The van der Waals surface area contributed by atoms with Crippen molar-refractivity contribution in [3.05, 3.63) is 24.0 Å². The topological polar surface area (TPSA) is 18.5 Å². The van der Waals surface area contributed by atoms with Gasteiger partial charge in [0, 0.05) is 0 Å². The van der Waals surface area contributed by atoms with Crippen LogP contribution in [0.4, 0.5) is 17.3 Å². The van der Waals surface area contributed by atoms with Crippen molar-refractivity contribution >= 4 is 12.4 Å². The van der Waals surface area contributed by atoms with E-state index in [0.717, 1.165) is 12.1 Å². The Bertz CT molecular complexity index is 399. The summed E-state index contributed by atoms with van der Waals surface area (Å²) in [4.78, 5) is 0. The molecule has 8 heteroatoms. The quantitative estimate of drug-likeness (QED) is 0.408. The van der Waals surface area contributed by atoms with E-state index in [2.05, 4.69) is 0 Å². The second kappa shape index (κ2) is 8.64. The minimum Gasteiger partial charge on any atom is -0.494 e. The number of ether oxygens (including phenoxy) is 2. The van der Waals surface area contributed by atoms with E-state index in [1.807, 2.05) is 13.8 Å². The molecule has 0 saturated carbocycles. The SMILES string of the molecule is CC(C)OCCOc1ccc(F)cc1[B-](F)(F)F.[K+]. The van der Waals surface area contributed by atoms with E-state index in [1.165, 1.54) is 0 Å². The summed E-state index contributed by atoms with van der Waals surface area (Å²) in [5, 5.41) is 0. The maximum absolute atomic E-state index is 12.8. The van der Waals surface area contributed by atoms with Gasteiger partial charge < -0.3 is 22.4 Å². The third-order valence-electron chi connectivity index (χ3n) is 2.12. The van der Waals surface area contributed by atoms with Gasteiger partial charge in [-0.1, -0.05) is 5.46 Å². The molecule has 0 radical (unpaired) electrons. The van der Waals surface area contributed by atoms with E-state index in [4.69, 9.17) is 9.47 Å². The van der Waals surface area contributed by atoms with Crippen molar-refractivity contribution in [2.45, 2.75) is 20.0 Å². The Morgan fingerprint density at radius 3 is 2.32 bits per heavy atom. The van der Waals surface area contributed by atoms with E-state index in [0.29, 0.717) is 6.07 Å². The number of rotatable bonds is 6. The van der Waals surface area contributed by atoms with Crippen LogP contribution in [0.1, 0.15) is 13.8 Å². The summed E-state index contributed by atoms with van der Waals surface area (Å²) in [5.74, 6) is -1.30. The summed E-state index contributed by atoms with van der Waals surface area (Å²) in [7, 11) is 0. The van der Waals surface area contributed by atoms with Crippen LogP contribution < -0.4 is 61.6 Å². The smallest absolute Gasteiger partial charge is 0.494 e. The van der Waals surface area contributed by atoms with Crippen molar-refractivity contribution in [3.63, 3.8) is 0 Å². The summed E-state index contributed by atoms with van der Waals surface area (Å²) in [6, 6.07) is 2.36. The summed E-state index contributed by atoms with van der Waals surface area (Å²) >= 11 is 0. The summed E-state index contributed by atoms with van der Waals surface area (Å²) < 4.78 is 60.9. The molecule has 0 atom stereocenters. The zero-order chi connectivity index (χ0) is 13.8. The summed E-state index contributed by atoms with van der Waals surface area (Å²) in [6.45, 7) is -1.51. The first-order chi connectivity index (χ1) is 8.30. The van der Waals surface area contributed by atoms with Crippen molar-refractivity contribution in [2.24, 2.45) is 0 Å². The molecule has 0 spiro atoms. The molecule has 0 bridgehead atoms. The molecule has 1 aromatic rings.